The van der Waals surface area contributed by atoms with Gasteiger partial charge in [-0.2, -0.15) is 0 Å². The number of rotatable bonds is 20. The number of Topliss-reactive ketones (excluding diaryl/α,β-unsaturated/α-hetero) is 2. The number of carboxylic acid groups (broad SMARTS) is 2. The molecule has 4 N–H and O–H groups in total. The van der Waals surface area contributed by atoms with E-state index in [0.29, 0.717) is 78.2 Å². The van der Waals surface area contributed by atoms with Crippen molar-refractivity contribution in [3.63, 3.8) is 0 Å². The molecule has 2 atom stereocenters. The Labute approximate surface area is 677 Å². The molecular weight excluding hydrogens is 1500 g/mol. The van der Waals surface area contributed by atoms with Gasteiger partial charge in [0.05, 0.1) is 74.0 Å². The summed E-state index contributed by atoms with van der Waals surface area (Å²) in [6, 6.07) is 35.1. The Morgan fingerprint density at radius 3 is 1.10 bits per heavy atom. The van der Waals surface area contributed by atoms with Crippen molar-refractivity contribution in [2.24, 2.45) is 35.5 Å². The molecule has 6 saturated heterocycles. The molecule has 2 amide bonds. The minimum atomic E-state index is -3.40. The van der Waals surface area contributed by atoms with Crippen LogP contribution in [-0.4, -0.2) is 237 Å². The van der Waals surface area contributed by atoms with Gasteiger partial charge in [0.15, 0.2) is 0 Å². The highest BCUT2D eigenvalue weighted by Gasteiger charge is 2.50. The molecule has 12 rings (SSSR count). The van der Waals surface area contributed by atoms with E-state index in [1.807, 2.05) is 126 Å². The van der Waals surface area contributed by atoms with E-state index >= 15 is 0 Å². The second-order valence-corrected chi connectivity index (χ2v) is 37.2. The van der Waals surface area contributed by atoms with Gasteiger partial charge in [-0.1, -0.05) is 104 Å². The number of carbonyl (C=O) groups excluding carboxylic acids is 6. The molecule has 0 saturated carbocycles. The highest BCUT2D eigenvalue weighted by Crippen LogP contribution is 2.50. The van der Waals surface area contributed by atoms with Crippen LogP contribution in [0.15, 0.2) is 109 Å². The van der Waals surface area contributed by atoms with Gasteiger partial charge in [0.1, 0.15) is 22.8 Å². The topological polar surface area (TPSA) is 335 Å². The number of sulfonamides is 2. The number of carbonyl (C=O) groups is 8. The molecule has 0 radical (unpaired) electrons. The SMILES string of the molecule is C.CC(C)(C)OC(=O)OC(=O)OC(C)(C)C.CN1CCC(C(=O)C[C@H](COCc2ccccc2)C(=O)N2CCC3(CC2)CN(S(C)(=O)=O)c2ccccc23)CC1.CN1CCC(C(=O)O)CC1.CS(=O)(=O)N1CC2(CCN(C(=O)[C@@H](COCc3ccccc3)CC(=O)C3CCNCC3)CC2)c2ccccc21.O=C(O)C1CCNCC1.[HH]. The molecule has 4 aromatic carbocycles. The number of nitrogens with zero attached hydrogens (tertiary/aromatic N) is 6. The predicted octanol–water partition coefficient (Wildman–Crippen LogP) is 10.8. The van der Waals surface area contributed by atoms with Gasteiger partial charge in [-0.15, -0.1) is 0 Å². The predicted molar refractivity (Wildman–Crippen MR) is 440 cm³/mol. The third-order valence-corrected chi connectivity index (χ3v) is 24.6. The fourth-order valence-corrected chi connectivity index (χ4v) is 17.9. The number of para-hydroxylation sites is 2. The molecule has 27 nitrogen and oxygen atoms in total. The Morgan fingerprint density at radius 2 is 0.772 bits per heavy atom. The van der Waals surface area contributed by atoms with Crippen LogP contribution in [0.1, 0.15) is 163 Å². The maximum absolute atomic E-state index is 13.9. The Bertz CT molecular complexity index is 4000. The van der Waals surface area contributed by atoms with Gasteiger partial charge >= 0.3 is 24.2 Å². The zero-order valence-electron chi connectivity index (χ0n) is 67.8. The summed E-state index contributed by atoms with van der Waals surface area (Å²) >= 11 is 0. The maximum atomic E-state index is 13.9. The van der Waals surface area contributed by atoms with Crippen molar-refractivity contribution in [1.29, 1.82) is 0 Å². The number of hydrogen-bond acceptors (Lipinski definition) is 21. The molecule has 0 aliphatic carbocycles. The van der Waals surface area contributed by atoms with Crippen LogP contribution in [0.25, 0.3) is 0 Å². The number of amides is 2. The van der Waals surface area contributed by atoms with Gasteiger partial charge in [-0.05, 0) is 219 Å². The minimum absolute atomic E-state index is 0. The zero-order valence-corrected chi connectivity index (χ0v) is 69.5. The standard InChI is InChI=1S/C31H41N3O5S.C30H39N3O5S.C10H18O5.C7H13NO2.C6H11NO2.CH4.H2/c1-32-16-12-25(13-17-32)29(35)20-26(22-39-21-24-8-4-3-5-9-24)30(36)33-18-14-31(15-19-33)23-34(40(2,37)38)28-11-7-6-10-27(28)31;1-39(36,37)33-22-30(26-9-5-6-10-27(26)33)13-17-32(18-14-30)29(35)25(19-28(34)24-11-15-31-16-12-24)21-38-20-23-7-3-2-4-8-23;1-9(2,3)14-7(11)13-8(12)15-10(4,5)6;1-8-4-2-6(3-5-8)7(9)10;8-6(9)5-1-3-7-4-2-5;;/h3-11,25-26H,12-23H2,1-2H3;2-10,24-25,31H,11-22H2,1H3;1-6H3;6H,2-5H2,1H3,(H,9,10);5,7H,1-4H2,(H,8,9);1H4;1H/t26-;25-;;;;;/m11...../s1. The third kappa shape index (κ3) is 28.2. The number of aliphatic carboxylic acids is 2. The van der Waals surface area contributed by atoms with Gasteiger partial charge in [-0.25, -0.2) is 26.4 Å². The fraction of sp³-hybridized carbons (Fsp3) is 0.624. The van der Waals surface area contributed by atoms with Crippen LogP contribution in [0.2, 0.25) is 0 Å². The summed E-state index contributed by atoms with van der Waals surface area (Å²) in [5, 5.41) is 23.5. The Hall–Kier alpha value is -7.90. The Kier molecular flexibility index (Phi) is 35.0. The Morgan fingerprint density at radius 1 is 0.465 bits per heavy atom. The van der Waals surface area contributed by atoms with E-state index in [4.69, 9.17) is 29.2 Å². The molecule has 6 fully saturated rings. The first-order chi connectivity index (χ1) is 53.4. The molecule has 29 heteroatoms. The lowest BCUT2D eigenvalue weighted by molar-refractivity contribution is -0.143. The van der Waals surface area contributed by atoms with Crippen molar-refractivity contribution in [2.75, 3.05) is 140 Å². The summed E-state index contributed by atoms with van der Waals surface area (Å²) in [6.07, 6.45) is 10.0. The molecule has 0 unspecified atom stereocenters. The largest absolute Gasteiger partial charge is 0.519 e. The van der Waals surface area contributed by atoms with Gasteiger partial charge < -0.3 is 64.1 Å². The lowest BCUT2D eigenvalue weighted by atomic mass is 9.74. The van der Waals surface area contributed by atoms with Crippen LogP contribution < -0.4 is 19.2 Å². The van der Waals surface area contributed by atoms with Crippen molar-refractivity contribution in [1.82, 2.24) is 30.2 Å². The number of ether oxygens (including phenoxy) is 5. The first-order valence-corrected chi connectivity index (χ1v) is 43.5. The van der Waals surface area contributed by atoms with Crippen LogP contribution in [0, 0.1) is 35.5 Å². The molecular formula is C85H128N8O19S2. The van der Waals surface area contributed by atoms with E-state index in [0.717, 1.165) is 137 Å². The van der Waals surface area contributed by atoms with E-state index in [9.17, 15) is 55.2 Å². The van der Waals surface area contributed by atoms with Crippen LogP contribution in [0.5, 0.6) is 0 Å². The molecule has 114 heavy (non-hydrogen) atoms. The van der Waals surface area contributed by atoms with Gasteiger partial charge in [0.25, 0.3) is 0 Å². The van der Waals surface area contributed by atoms with E-state index < -0.39 is 67.3 Å². The van der Waals surface area contributed by atoms with Crippen LogP contribution in [0.4, 0.5) is 21.0 Å². The van der Waals surface area contributed by atoms with Crippen molar-refractivity contribution in [3.05, 3.63) is 131 Å². The van der Waals surface area contributed by atoms with Crippen molar-refractivity contribution >= 4 is 79.1 Å². The maximum Gasteiger partial charge on any atom is 0.519 e. The summed E-state index contributed by atoms with van der Waals surface area (Å²) in [5.41, 5.74) is 3.66. The number of fused-ring (bicyclic) bond motifs is 4. The molecule has 8 aliphatic heterocycles. The number of benzene rings is 4. The summed E-state index contributed by atoms with van der Waals surface area (Å²) in [7, 11) is -2.70. The monoisotopic (exact) mass is 1630 g/mol. The zero-order chi connectivity index (χ0) is 82.3. The number of carboxylic acids is 2. The lowest BCUT2D eigenvalue weighted by Crippen LogP contribution is -2.50. The van der Waals surface area contributed by atoms with Crippen LogP contribution in [-0.2, 0) is 96.5 Å². The quantitative estimate of drug-likeness (QED) is 0.0472. The van der Waals surface area contributed by atoms with Gasteiger partial charge in [0.2, 0.25) is 31.9 Å². The molecule has 634 valence electrons. The normalized spacial score (nSPS) is 19.4. The summed E-state index contributed by atoms with van der Waals surface area (Å²) < 4.78 is 79.0. The van der Waals surface area contributed by atoms with Gasteiger partial charge in [-0.3, -0.25) is 37.4 Å². The van der Waals surface area contributed by atoms with Gasteiger partial charge in [0, 0.05) is 76.2 Å². The van der Waals surface area contributed by atoms with Crippen molar-refractivity contribution in [2.45, 2.75) is 174 Å². The molecule has 0 bridgehead atoms. The highest BCUT2D eigenvalue weighted by molar-refractivity contribution is 7.92. The number of likely N-dealkylation sites (tertiary alicyclic amines) is 4. The van der Waals surface area contributed by atoms with Crippen LogP contribution >= 0.6 is 0 Å². The third-order valence-electron chi connectivity index (χ3n) is 22.4. The number of ketones is 2. The molecule has 8 heterocycles. The second kappa shape index (κ2) is 42.8. The summed E-state index contributed by atoms with van der Waals surface area (Å²) in [4.78, 5) is 105. The summed E-state index contributed by atoms with van der Waals surface area (Å²) in [5.74, 6) is -2.24. The second-order valence-electron chi connectivity index (χ2n) is 33.4. The average molecular weight is 1630 g/mol. The number of piperidine rings is 6. The molecule has 8 aliphatic rings. The summed E-state index contributed by atoms with van der Waals surface area (Å²) in [6.45, 7) is 21.2. The number of hydrogen-bond donors (Lipinski definition) is 4. The minimum Gasteiger partial charge on any atom is -0.481 e. The first-order valence-electron chi connectivity index (χ1n) is 39.8. The van der Waals surface area contributed by atoms with E-state index in [2.05, 4.69) is 32.2 Å². The smallest absolute Gasteiger partial charge is 0.481 e. The van der Waals surface area contributed by atoms with Crippen molar-refractivity contribution in [3.8, 4) is 0 Å². The Balaban J connectivity index is 0.000000252. The number of anilines is 2. The molecule has 0 aromatic heterocycles. The average Bonchev–Trinajstić information content (AvgIpc) is 1.59. The number of nitrogens with one attached hydrogen (secondary N) is 2. The van der Waals surface area contributed by atoms with E-state index in [1.54, 1.807) is 41.5 Å². The highest BCUT2D eigenvalue weighted by atomic mass is 32.2. The molecule has 2 spiro atoms. The van der Waals surface area contributed by atoms with E-state index in [-0.39, 0.29) is 92.8 Å². The van der Waals surface area contributed by atoms with E-state index in [1.165, 1.54) is 21.1 Å². The fourth-order valence-electron chi connectivity index (χ4n) is 15.9. The van der Waals surface area contributed by atoms with Crippen LogP contribution in [0.3, 0.4) is 0 Å². The lowest BCUT2D eigenvalue weighted by Gasteiger charge is -2.41. The first kappa shape index (κ1) is 93.3. The van der Waals surface area contributed by atoms with Crippen molar-refractivity contribution < 1.29 is 90.5 Å². The molecule has 4 aromatic rings.